The van der Waals surface area contributed by atoms with Gasteiger partial charge in [0.15, 0.2) is 0 Å². The molecule has 0 amide bonds. The van der Waals surface area contributed by atoms with E-state index >= 15 is 0 Å². The van der Waals surface area contributed by atoms with Crippen molar-refractivity contribution in [2.24, 2.45) is 0 Å². The van der Waals surface area contributed by atoms with Crippen LogP contribution in [-0.4, -0.2) is 21.5 Å². The Morgan fingerprint density at radius 2 is 2.00 bits per heavy atom. The molecule has 102 valence electrons. The lowest BCUT2D eigenvalue weighted by molar-refractivity contribution is 0.694. The highest BCUT2D eigenvalue weighted by molar-refractivity contribution is 6.80. The molecule has 19 heavy (non-hydrogen) atoms. The predicted octanol–water partition coefficient (Wildman–Crippen LogP) is 2.87. The minimum absolute atomic E-state index is 1.04. The van der Waals surface area contributed by atoms with Crippen LogP contribution in [0, 0.1) is 0 Å². The van der Waals surface area contributed by atoms with Gasteiger partial charge in [-0.3, -0.25) is 0 Å². The van der Waals surface area contributed by atoms with E-state index in [1.165, 1.54) is 31.0 Å². The minimum atomic E-state index is -1.04. The van der Waals surface area contributed by atoms with Gasteiger partial charge >= 0.3 is 0 Å². The molecule has 0 fully saturated rings. The molecule has 1 unspecified atom stereocenters. The molecule has 1 aromatic carbocycles. The van der Waals surface area contributed by atoms with Crippen molar-refractivity contribution < 1.29 is 0 Å². The quantitative estimate of drug-likeness (QED) is 0.594. The Hall–Kier alpha value is -1.12. The Labute approximate surface area is 119 Å². The highest BCUT2D eigenvalue weighted by Gasteiger charge is 2.20. The van der Waals surface area contributed by atoms with Gasteiger partial charge in [-0.2, -0.15) is 0 Å². The zero-order valence-corrected chi connectivity index (χ0v) is 13.3. The third-order valence-corrected chi connectivity index (χ3v) is 7.31. The lowest BCUT2D eigenvalue weighted by Crippen LogP contribution is -2.43. The summed E-state index contributed by atoms with van der Waals surface area (Å²) in [5, 5.41) is 6.97. The maximum Gasteiger partial charge on any atom is 0.112 e. The number of allylic oxidation sites excluding steroid dienone is 4. The standard InChI is InChI=1S/C17H25NSi/c1-3-4-13-18-14-19(16-10-6-5-7-11-16)17-12-8-9-15(17)2/h5-11,18-19H,3-4,12-14H2,1-2H3. The first-order valence-electron chi connectivity index (χ1n) is 7.44. The molecule has 1 atom stereocenters. The number of benzene rings is 1. The summed E-state index contributed by atoms with van der Waals surface area (Å²) >= 11 is 0. The summed E-state index contributed by atoms with van der Waals surface area (Å²) in [6.07, 6.45) is 9.54. The molecule has 2 heteroatoms. The highest BCUT2D eigenvalue weighted by Crippen LogP contribution is 2.20. The molecule has 1 aliphatic carbocycles. The van der Waals surface area contributed by atoms with Gasteiger partial charge in [-0.25, -0.2) is 0 Å². The number of rotatable bonds is 7. The smallest absolute Gasteiger partial charge is 0.112 e. The van der Waals surface area contributed by atoms with Crippen molar-refractivity contribution in [1.82, 2.24) is 5.32 Å². The van der Waals surface area contributed by atoms with Crippen molar-refractivity contribution in [2.75, 3.05) is 12.7 Å². The van der Waals surface area contributed by atoms with Gasteiger partial charge in [0, 0.05) is 0 Å². The average Bonchev–Trinajstić information content (AvgIpc) is 2.86. The van der Waals surface area contributed by atoms with E-state index in [0.717, 1.165) is 6.54 Å². The number of unbranched alkanes of at least 4 members (excludes halogenated alkanes) is 1. The first kappa shape index (κ1) is 14.3. The Balaban J connectivity index is 2.08. The monoisotopic (exact) mass is 271 g/mol. The zero-order valence-electron chi connectivity index (χ0n) is 12.2. The van der Waals surface area contributed by atoms with E-state index in [4.69, 9.17) is 0 Å². The maximum atomic E-state index is 3.68. The van der Waals surface area contributed by atoms with E-state index in [2.05, 4.69) is 61.6 Å². The highest BCUT2D eigenvalue weighted by atomic mass is 28.3. The summed E-state index contributed by atoms with van der Waals surface area (Å²) in [5.74, 6) is 0. The van der Waals surface area contributed by atoms with Crippen LogP contribution in [-0.2, 0) is 0 Å². The zero-order chi connectivity index (χ0) is 13.5. The van der Waals surface area contributed by atoms with Gasteiger partial charge in [-0.1, -0.05) is 71.8 Å². The summed E-state index contributed by atoms with van der Waals surface area (Å²) < 4.78 is 0. The van der Waals surface area contributed by atoms with Gasteiger partial charge in [-0.15, -0.1) is 0 Å². The molecule has 1 aliphatic rings. The van der Waals surface area contributed by atoms with E-state index in [1.54, 1.807) is 10.4 Å². The third kappa shape index (κ3) is 3.92. The molecular formula is C17H25NSi. The van der Waals surface area contributed by atoms with Crippen molar-refractivity contribution in [3.05, 3.63) is 53.3 Å². The molecular weight excluding hydrogens is 246 g/mol. The van der Waals surface area contributed by atoms with Gasteiger partial charge in [0.2, 0.25) is 0 Å². The van der Waals surface area contributed by atoms with Crippen LogP contribution < -0.4 is 10.5 Å². The fourth-order valence-corrected chi connectivity index (χ4v) is 5.85. The fraction of sp³-hybridized carbons (Fsp3) is 0.412. The van der Waals surface area contributed by atoms with Crippen LogP contribution in [0.3, 0.4) is 0 Å². The molecule has 0 aliphatic heterocycles. The SMILES string of the molecule is CCCCNC[SiH](C1=C(C)C=CC1)c1ccccc1. The Morgan fingerprint density at radius 3 is 2.63 bits per heavy atom. The van der Waals surface area contributed by atoms with E-state index in [-0.39, 0.29) is 0 Å². The maximum absolute atomic E-state index is 3.68. The fourth-order valence-electron chi connectivity index (χ4n) is 2.72. The summed E-state index contributed by atoms with van der Waals surface area (Å²) in [4.78, 5) is 0. The molecule has 1 nitrogen and oxygen atoms in total. The average molecular weight is 271 g/mol. The second-order valence-electron chi connectivity index (χ2n) is 5.34. The molecule has 0 saturated heterocycles. The summed E-state index contributed by atoms with van der Waals surface area (Å²) in [5.41, 5.74) is 1.51. The second kappa shape index (κ2) is 7.46. The molecule has 1 N–H and O–H groups in total. The molecule has 0 bridgehead atoms. The largest absolute Gasteiger partial charge is 0.319 e. The van der Waals surface area contributed by atoms with Crippen molar-refractivity contribution in [3.8, 4) is 0 Å². The Kier molecular flexibility index (Phi) is 5.61. The van der Waals surface area contributed by atoms with E-state index < -0.39 is 8.80 Å². The van der Waals surface area contributed by atoms with Crippen LogP contribution in [0.25, 0.3) is 0 Å². The van der Waals surface area contributed by atoms with Crippen molar-refractivity contribution in [2.45, 2.75) is 33.1 Å². The van der Waals surface area contributed by atoms with Crippen LogP contribution in [0.4, 0.5) is 0 Å². The molecule has 0 aromatic heterocycles. The second-order valence-corrected chi connectivity index (χ2v) is 8.21. The molecule has 0 heterocycles. The number of hydrogen-bond acceptors (Lipinski definition) is 1. The van der Waals surface area contributed by atoms with Gasteiger partial charge in [-0.05, 0) is 32.5 Å². The normalized spacial score (nSPS) is 16.1. The molecule has 0 saturated carbocycles. The van der Waals surface area contributed by atoms with Gasteiger partial charge in [0.25, 0.3) is 0 Å². The number of nitrogens with one attached hydrogen (secondary N) is 1. The third-order valence-electron chi connectivity index (χ3n) is 3.89. The summed E-state index contributed by atoms with van der Waals surface area (Å²) in [7, 11) is -1.04. The Morgan fingerprint density at radius 1 is 1.21 bits per heavy atom. The first-order chi connectivity index (χ1) is 9.33. The van der Waals surface area contributed by atoms with Gasteiger partial charge < -0.3 is 5.32 Å². The van der Waals surface area contributed by atoms with Crippen LogP contribution in [0.15, 0.2) is 53.3 Å². The molecule has 0 radical (unpaired) electrons. The Bertz CT molecular complexity index is 448. The van der Waals surface area contributed by atoms with Crippen LogP contribution in [0.1, 0.15) is 33.1 Å². The van der Waals surface area contributed by atoms with Crippen molar-refractivity contribution in [3.63, 3.8) is 0 Å². The van der Waals surface area contributed by atoms with Crippen LogP contribution in [0.5, 0.6) is 0 Å². The minimum Gasteiger partial charge on any atom is -0.319 e. The van der Waals surface area contributed by atoms with E-state index in [0.29, 0.717) is 0 Å². The van der Waals surface area contributed by atoms with Crippen molar-refractivity contribution >= 4 is 14.0 Å². The predicted molar refractivity (Wildman–Crippen MR) is 87.5 cm³/mol. The van der Waals surface area contributed by atoms with Gasteiger partial charge in [0.1, 0.15) is 8.80 Å². The van der Waals surface area contributed by atoms with Crippen molar-refractivity contribution in [1.29, 1.82) is 0 Å². The van der Waals surface area contributed by atoms with E-state index in [9.17, 15) is 0 Å². The first-order valence-corrected chi connectivity index (χ1v) is 9.42. The molecule has 0 spiro atoms. The molecule has 1 aromatic rings. The number of hydrogen-bond donors (Lipinski definition) is 1. The lowest BCUT2D eigenvalue weighted by Gasteiger charge is -2.19. The summed E-state index contributed by atoms with van der Waals surface area (Å²) in [6.45, 7) is 5.68. The van der Waals surface area contributed by atoms with Crippen LogP contribution in [0.2, 0.25) is 0 Å². The lowest BCUT2D eigenvalue weighted by atomic mass is 10.3. The topological polar surface area (TPSA) is 12.0 Å². The van der Waals surface area contributed by atoms with Crippen LogP contribution >= 0.6 is 0 Å². The van der Waals surface area contributed by atoms with Gasteiger partial charge in [0.05, 0.1) is 0 Å². The molecule has 2 rings (SSSR count). The van der Waals surface area contributed by atoms with E-state index in [1.807, 2.05) is 0 Å². The summed E-state index contributed by atoms with van der Waals surface area (Å²) in [6, 6.07) is 11.1.